The summed E-state index contributed by atoms with van der Waals surface area (Å²) in [6, 6.07) is 9.64. The first-order valence-corrected chi connectivity index (χ1v) is 11.1. The molecule has 0 bridgehead atoms. The minimum Gasteiger partial charge on any atom is -0.497 e. The number of Topliss-reactive ketones (excluding diaryl/α,β-unsaturated/α-hetero) is 1. The molecule has 3 aromatic rings. The summed E-state index contributed by atoms with van der Waals surface area (Å²) in [6.45, 7) is 1.94. The van der Waals surface area contributed by atoms with Gasteiger partial charge < -0.3 is 24.0 Å². The van der Waals surface area contributed by atoms with Crippen LogP contribution in [0.25, 0.3) is 17.2 Å². The smallest absolute Gasteiger partial charge is 0.496 e. The zero-order valence-corrected chi connectivity index (χ0v) is 19.7. The molecule has 0 atom stereocenters. The molecule has 0 unspecified atom stereocenters. The minimum atomic E-state index is -1.76. The van der Waals surface area contributed by atoms with E-state index >= 15 is 0 Å². The van der Waals surface area contributed by atoms with Gasteiger partial charge >= 0.3 is 7.12 Å². The van der Waals surface area contributed by atoms with Crippen molar-refractivity contribution in [2.24, 2.45) is 0 Å². The van der Waals surface area contributed by atoms with Gasteiger partial charge in [-0.3, -0.25) is 4.79 Å². The molecule has 1 heterocycles. The molecule has 0 saturated carbocycles. The van der Waals surface area contributed by atoms with Crippen molar-refractivity contribution in [1.29, 1.82) is 0 Å². The van der Waals surface area contributed by atoms with Gasteiger partial charge in [0.1, 0.15) is 28.9 Å². The van der Waals surface area contributed by atoms with Gasteiger partial charge in [-0.25, -0.2) is 4.39 Å². The highest BCUT2D eigenvalue weighted by Gasteiger charge is 2.26. The number of halogens is 1. The number of hydrogen-bond donors (Lipinski definition) is 2. The highest BCUT2D eigenvalue weighted by molar-refractivity contribution is 6.61. The second kappa shape index (κ2) is 10.3. The SMILES string of the molecule is COc1cc(C=C2C(C)=C(CCC(=O)Cc3ccno3)c3cc(F)ccc32)cc(OC)c1B(O)O. The topological polar surface area (TPSA) is 102 Å². The van der Waals surface area contributed by atoms with Crippen LogP contribution in [0, 0.1) is 5.82 Å². The van der Waals surface area contributed by atoms with E-state index in [-0.39, 0.29) is 41.4 Å². The van der Waals surface area contributed by atoms with Crippen LogP contribution in [0.4, 0.5) is 4.39 Å². The van der Waals surface area contributed by atoms with Crippen LogP contribution >= 0.6 is 0 Å². The minimum absolute atomic E-state index is 0.00468. The Bertz CT molecular complexity index is 1290. The average molecular weight is 477 g/mol. The first-order chi connectivity index (χ1) is 16.8. The number of methoxy groups -OCH3 is 2. The number of ketones is 1. The van der Waals surface area contributed by atoms with Crippen LogP contribution in [0.5, 0.6) is 11.5 Å². The Morgan fingerprint density at radius 2 is 1.83 bits per heavy atom. The normalized spacial score (nSPS) is 13.8. The third-order valence-corrected chi connectivity index (χ3v) is 6.11. The molecule has 35 heavy (non-hydrogen) atoms. The number of allylic oxidation sites excluding steroid dienone is 3. The summed E-state index contributed by atoms with van der Waals surface area (Å²) in [4.78, 5) is 12.5. The highest BCUT2D eigenvalue weighted by Crippen LogP contribution is 2.44. The largest absolute Gasteiger partial charge is 0.497 e. The van der Waals surface area contributed by atoms with Gasteiger partial charge in [0, 0.05) is 12.5 Å². The summed E-state index contributed by atoms with van der Waals surface area (Å²) in [6.07, 6.45) is 4.30. The van der Waals surface area contributed by atoms with Crippen LogP contribution in [0.3, 0.4) is 0 Å². The molecule has 0 amide bonds. The average Bonchev–Trinajstić information content (AvgIpc) is 3.43. The van der Waals surface area contributed by atoms with Crippen molar-refractivity contribution >= 4 is 35.6 Å². The summed E-state index contributed by atoms with van der Waals surface area (Å²) >= 11 is 0. The zero-order valence-electron chi connectivity index (χ0n) is 19.7. The molecule has 1 aliphatic rings. The molecule has 0 radical (unpaired) electrons. The quantitative estimate of drug-likeness (QED) is 0.456. The molecule has 7 nitrogen and oxygen atoms in total. The van der Waals surface area contributed by atoms with Crippen molar-refractivity contribution in [3.63, 3.8) is 0 Å². The Kier molecular flexibility index (Phi) is 7.19. The predicted octanol–water partition coefficient (Wildman–Crippen LogP) is 3.43. The van der Waals surface area contributed by atoms with Crippen molar-refractivity contribution in [3.8, 4) is 11.5 Å². The Labute approximate surface area is 202 Å². The lowest BCUT2D eigenvalue weighted by Crippen LogP contribution is -2.32. The third-order valence-electron chi connectivity index (χ3n) is 6.11. The van der Waals surface area contributed by atoms with Gasteiger partial charge in [0.15, 0.2) is 0 Å². The lowest BCUT2D eigenvalue weighted by Gasteiger charge is -2.14. The number of aromatic nitrogens is 1. The van der Waals surface area contributed by atoms with Gasteiger partial charge in [0.25, 0.3) is 0 Å². The van der Waals surface area contributed by atoms with Crippen molar-refractivity contribution in [3.05, 3.63) is 76.4 Å². The molecule has 1 aliphatic carbocycles. The van der Waals surface area contributed by atoms with E-state index in [9.17, 15) is 19.2 Å². The second-order valence-electron chi connectivity index (χ2n) is 8.26. The van der Waals surface area contributed by atoms with E-state index in [4.69, 9.17) is 14.0 Å². The van der Waals surface area contributed by atoms with E-state index in [0.717, 1.165) is 27.8 Å². The number of fused-ring (bicyclic) bond motifs is 1. The van der Waals surface area contributed by atoms with E-state index in [2.05, 4.69) is 5.16 Å². The molecule has 2 aromatic carbocycles. The van der Waals surface area contributed by atoms with E-state index in [1.54, 1.807) is 24.3 Å². The van der Waals surface area contributed by atoms with Crippen LogP contribution in [0.1, 0.15) is 42.2 Å². The summed E-state index contributed by atoms with van der Waals surface area (Å²) in [5, 5.41) is 23.1. The number of rotatable bonds is 9. The molecule has 0 fully saturated rings. The van der Waals surface area contributed by atoms with Crippen molar-refractivity contribution in [2.45, 2.75) is 26.2 Å². The number of carbonyl (C=O) groups excluding carboxylic acids is 1. The molecule has 180 valence electrons. The van der Waals surface area contributed by atoms with Gasteiger partial charge in [0.2, 0.25) is 0 Å². The molecule has 0 aliphatic heterocycles. The van der Waals surface area contributed by atoms with E-state index in [1.165, 1.54) is 32.5 Å². The van der Waals surface area contributed by atoms with Gasteiger partial charge in [-0.05, 0) is 77.1 Å². The van der Waals surface area contributed by atoms with Crippen molar-refractivity contribution in [1.82, 2.24) is 5.16 Å². The summed E-state index contributed by atoms with van der Waals surface area (Å²) < 4.78 is 29.9. The predicted molar refractivity (Wildman–Crippen MR) is 131 cm³/mol. The number of carbonyl (C=O) groups is 1. The fourth-order valence-corrected chi connectivity index (χ4v) is 4.42. The van der Waals surface area contributed by atoms with Crippen LogP contribution in [-0.4, -0.2) is 42.3 Å². The van der Waals surface area contributed by atoms with Gasteiger partial charge in [-0.15, -0.1) is 0 Å². The fourth-order valence-electron chi connectivity index (χ4n) is 4.42. The number of benzene rings is 2. The number of nitrogens with zero attached hydrogens (tertiary/aromatic N) is 1. The van der Waals surface area contributed by atoms with E-state index in [0.29, 0.717) is 17.7 Å². The number of hydrogen-bond acceptors (Lipinski definition) is 7. The molecule has 9 heteroatoms. The lowest BCUT2D eigenvalue weighted by molar-refractivity contribution is -0.118. The first kappa shape index (κ1) is 24.4. The molecule has 2 N–H and O–H groups in total. The monoisotopic (exact) mass is 477 g/mol. The Morgan fingerprint density at radius 1 is 1.11 bits per heavy atom. The second-order valence-corrected chi connectivity index (χ2v) is 8.26. The molecule has 0 saturated heterocycles. The van der Waals surface area contributed by atoms with Crippen LogP contribution in [0.2, 0.25) is 0 Å². The summed E-state index contributed by atoms with van der Waals surface area (Å²) in [5.74, 6) is 0.697. The molecule has 0 spiro atoms. The van der Waals surface area contributed by atoms with Gasteiger partial charge in [-0.1, -0.05) is 11.2 Å². The summed E-state index contributed by atoms with van der Waals surface area (Å²) in [7, 11) is 1.11. The van der Waals surface area contributed by atoms with Crippen molar-refractivity contribution in [2.75, 3.05) is 14.2 Å². The van der Waals surface area contributed by atoms with E-state index in [1.807, 2.05) is 13.0 Å². The van der Waals surface area contributed by atoms with Crippen LogP contribution < -0.4 is 14.9 Å². The van der Waals surface area contributed by atoms with Gasteiger partial charge in [0.05, 0.1) is 32.3 Å². The standard InChI is InChI=1S/C26H25BFNO6/c1-15-20(7-5-18(30)14-19-8-9-29-35-19)23-13-17(28)4-6-21(23)22(15)10-16-11-24(33-2)26(27(31)32)25(12-16)34-3/h4,6,8-13,31-32H,5,7,14H2,1-3H3. The molecule has 1 aromatic heterocycles. The Hall–Kier alpha value is -3.69. The maximum atomic E-state index is 14.2. The Balaban J connectivity index is 1.71. The summed E-state index contributed by atoms with van der Waals surface area (Å²) in [5.41, 5.74) is 5.15. The molecule has 4 rings (SSSR count). The fraction of sp³-hybridized carbons (Fsp3) is 0.231. The van der Waals surface area contributed by atoms with Crippen LogP contribution in [-0.2, 0) is 11.2 Å². The zero-order chi connectivity index (χ0) is 25.1. The van der Waals surface area contributed by atoms with Crippen LogP contribution in [0.15, 0.2) is 52.7 Å². The highest BCUT2D eigenvalue weighted by atomic mass is 19.1. The lowest BCUT2D eigenvalue weighted by atomic mass is 9.78. The first-order valence-electron chi connectivity index (χ1n) is 11.1. The van der Waals surface area contributed by atoms with E-state index < -0.39 is 7.12 Å². The number of ether oxygens (including phenoxy) is 2. The third kappa shape index (κ3) is 5.06. The maximum Gasteiger partial charge on any atom is 0.496 e. The maximum absolute atomic E-state index is 14.2. The molecular formula is C26H25BFNO6. The Morgan fingerprint density at radius 3 is 2.43 bits per heavy atom. The molecular weight excluding hydrogens is 452 g/mol. The van der Waals surface area contributed by atoms with Gasteiger partial charge in [-0.2, -0.15) is 0 Å². The van der Waals surface area contributed by atoms with Crippen molar-refractivity contribution < 1.29 is 33.2 Å².